The first-order valence-corrected chi connectivity index (χ1v) is 8.74. The van der Waals surface area contributed by atoms with E-state index in [1.807, 2.05) is 36.1 Å². The molecule has 0 radical (unpaired) electrons. The summed E-state index contributed by atoms with van der Waals surface area (Å²) in [6.07, 6.45) is 10.6. The molecular formula is C20H19N5O2. The van der Waals surface area contributed by atoms with Crippen molar-refractivity contribution in [2.45, 2.75) is 12.8 Å². The second-order valence-electron chi connectivity index (χ2n) is 6.68. The van der Waals surface area contributed by atoms with E-state index in [9.17, 15) is 9.59 Å². The zero-order valence-electron chi connectivity index (χ0n) is 14.8. The molecule has 0 atom stereocenters. The molecule has 0 bridgehead atoms. The van der Waals surface area contributed by atoms with Gasteiger partial charge in [0, 0.05) is 54.4 Å². The fraction of sp³-hybridized carbons (Fsp3) is 0.200. The van der Waals surface area contributed by atoms with Gasteiger partial charge in [-0.3, -0.25) is 14.6 Å². The van der Waals surface area contributed by atoms with E-state index in [1.54, 1.807) is 24.5 Å². The summed E-state index contributed by atoms with van der Waals surface area (Å²) in [4.78, 5) is 32.7. The molecule has 1 saturated carbocycles. The van der Waals surface area contributed by atoms with Gasteiger partial charge in [-0.25, -0.2) is 4.98 Å². The van der Waals surface area contributed by atoms with Crippen LogP contribution < -0.4 is 10.6 Å². The zero-order valence-corrected chi connectivity index (χ0v) is 14.8. The third-order valence-electron chi connectivity index (χ3n) is 4.38. The summed E-state index contributed by atoms with van der Waals surface area (Å²) < 4.78 is 1.95. The summed E-state index contributed by atoms with van der Waals surface area (Å²) in [6.45, 7) is 0. The molecule has 27 heavy (non-hydrogen) atoms. The van der Waals surface area contributed by atoms with Gasteiger partial charge in [0.05, 0.1) is 11.9 Å². The van der Waals surface area contributed by atoms with Crippen LogP contribution in [0.5, 0.6) is 0 Å². The zero-order chi connectivity index (χ0) is 18.8. The number of amides is 2. The Labute approximate surface area is 156 Å². The maximum Gasteiger partial charge on any atom is 0.255 e. The number of aromatic nitrogens is 3. The van der Waals surface area contributed by atoms with Crippen molar-refractivity contribution < 1.29 is 9.59 Å². The number of anilines is 2. The van der Waals surface area contributed by atoms with Gasteiger partial charge in [-0.05, 0) is 37.1 Å². The van der Waals surface area contributed by atoms with Crippen LogP contribution in [0.2, 0.25) is 0 Å². The SMILES string of the molecule is Cn1ccc(-c2cncc(NC(=O)c3ccnc(NC(=O)C4CC4)c3)c2)c1. The van der Waals surface area contributed by atoms with Crippen molar-refractivity contribution in [1.82, 2.24) is 14.5 Å². The second-order valence-corrected chi connectivity index (χ2v) is 6.68. The lowest BCUT2D eigenvalue weighted by molar-refractivity contribution is -0.117. The molecule has 4 rings (SSSR count). The van der Waals surface area contributed by atoms with E-state index in [1.165, 1.54) is 6.20 Å². The summed E-state index contributed by atoms with van der Waals surface area (Å²) in [5.41, 5.74) is 2.96. The van der Waals surface area contributed by atoms with E-state index in [0.29, 0.717) is 17.1 Å². The normalized spacial score (nSPS) is 13.2. The molecule has 0 spiro atoms. The largest absolute Gasteiger partial charge is 0.357 e. The topological polar surface area (TPSA) is 88.9 Å². The van der Waals surface area contributed by atoms with Crippen LogP contribution in [0.3, 0.4) is 0 Å². The van der Waals surface area contributed by atoms with Crippen molar-refractivity contribution in [3.63, 3.8) is 0 Å². The number of hydrogen-bond acceptors (Lipinski definition) is 4. The Bertz CT molecular complexity index is 1010. The fourth-order valence-corrected chi connectivity index (χ4v) is 2.76. The van der Waals surface area contributed by atoms with E-state index in [-0.39, 0.29) is 17.7 Å². The molecule has 2 amide bonds. The van der Waals surface area contributed by atoms with E-state index < -0.39 is 0 Å². The highest BCUT2D eigenvalue weighted by molar-refractivity contribution is 6.05. The highest BCUT2D eigenvalue weighted by Gasteiger charge is 2.29. The van der Waals surface area contributed by atoms with Crippen LogP contribution in [0, 0.1) is 5.92 Å². The minimum Gasteiger partial charge on any atom is -0.357 e. The molecule has 7 heteroatoms. The van der Waals surface area contributed by atoms with Crippen molar-refractivity contribution in [3.8, 4) is 11.1 Å². The Morgan fingerprint density at radius 3 is 2.70 bits per heavy atom. The molecule has 3 aromatic heterocycles. The fourth-order valence-electron chi connectivity index (χ4n) is 2.76. The lowest BCUT2D eigenvalue weighted by atomic mass is 10.1. The van der Waals surface area contributed by atoms with Gasteiger partial charge < -0.3 is 15.2 Å². The number of carbonyl (C=O) groups excluding carboxylic acids is 2. The molecule has 3 heterocycles. The highest BCUT2D eigenvalue weighted by atomic mass is 16.2. The van der Waals surface area contributed by atoms with Gasteiger partial charge in [-0.15, -0.1) is 0 Å². The van der Waals surface area contributed by atoms with E-state index >= 15 is 0 Å². The minimum absolute atomic E-state index is 0.0418. The third kappa shape index (κ3) is 4.03. The summed E-state index contributed by atoms with van der Waals surface area (Å²) in [7, 11) is 1.95. The van der Waals surface area contributed by atoms with Crippen molar-refractivity contribution in [2.75, 3.05) is 10.6 Å². The molecule has 7 nitrogen and oxygen atoms in total. The average molecular weight is 361 g/mol. The molecule has 3 aromatic rings. The molecule has 1 aliphatic carbocycles. The Morgan fingerprint density at radius 2 is 1.96 bits per heavy atom. The number of hydrogen-bond donors (Lipinski definition) is 2. The van der Waals surface area contributed by atoms with Crippen LogP contribution in [0.1, 0.15) is 23.2 Å². The van der Waals surface area contributed by atoms with Crippen LogP contribution in [0.25, 0.3) is 11.1 Å². The molecule has 0 saturated heterocycles. The number of nitrogens with one attached hydrogen (secondary N) is 2. The van der Waals surface area contributed by atoms with Crippen LogP contribution in [0.4, 0.5) is 11.5 Å². The minimum atomic E-state index is -0.286. The molecule has 1 fully saturated rings. The van der Waals surface area contributed by atoms with Gasteiger partial charge in [-0.2, -0.15) is 0 Å². The molecule has 0 unspecified atom stereocenters. The Kier molecular flexibility index (Phi) is 4.42. The molecule has 136 valence electrons. The molecule has 1 aliphatic rings. The molecule has 0 aliphatic heterocycles. The van der Waals surface area contributed by atoms with Gasteiger partial charge in [0.15, 0.2) is 0 Å². The monoisotopic (exact) mass is 361 g/mol. The summed E-state index contributed by atoms with van der Waals surface area (Å²) in [6, 6.07) is 7.04. The number of rotatable bonds is 5. The smallest absolute Gasteiger partial charge is 0.255 e. The predicted molar refractivity (Wildman–Crippen MR) is 102 cm³/mol. The second kappa shape index (κ2) is 7.03. The van der Waals surface area contributed by atoms with Gasteiger partial charge >= 0.3 is 0 Å². The van der Waals surface area contributed by atoms with Crippen molar-refractivity contribution in [1.29, 1.82) is 0 Å². The first-order valence-electron chi connectivity index (χ1n) is 8.74. The first-order chi connectivity index (χ1) is 13.1. The quantitative estimate of drug-likeness (QED) is 0.731. The summed E-state index contributed by atoms with van der Waals surface area (Å²) in [5, 5.41) is 5.59. The lowest BCUT2D eigenvalue weighted by Gasteiger charge is -2.08. The number of aryl methyl sites for hydroxylation is 1. The Morgan fingerprint density at radius 1 is 1.11 bits per heavy atom. The highest BCUT2D eigenvalue weighted by Crippen LogP contribution is 2.30. The van der Waals surface area contributed by atoms with Gasteiger partial charge in [0.2, 0.25) is 5.91 Å². The third-order valence-corrected chi connectivity index (χ3v) is 4.38. The van der Waals surface area contributed by atoms with Gasteiger partial charge in [-0.1, -0.05) is 0 Å². The first kappa shape index (κ1) is 17.0. The van der Waals surface area contributed by atoms with Gasteiger partial charge in [0.25, 0.3) is 5.91 Å². The van der Waals surface area contributed by atoms with E-state index in [4.69, 9.17) is 0 Å². The Hall–Kier alpha value is -3.48. The van der Waals surface area contributed by atoms with Crippen LogP contribution in [-0.2, 0) is 11.8 Å². The maximum atomic E-state index is 12.6. The van der Waals surface area contributed by atoms with Crippen LogP contribution in [-0.4, -0.2) is 26.3 Å². The number of carbonyl (C=O) groups is 2. The molecule has 0 aromatic carbocycles. The predicted octanol–water partition coefficient (Wildman–Crippen LogP) is 3.08. The lowest BCUT2D eigenvalue weighted by Crippen LogP contribution is -2.16. The maximum absolute atomic E-state index is 12.6. The van der Waals surface area contributed by atoms with Crippen LogP contribution in [0.15, 0.2) is 55.2 Å². The van der Waals surface area contributed by atoms with Crippen molar-refractivity contribution >= 4 is 23.3 Å². The standard InChI is InChI=1S/C20H19N5O2/c1-25-7-5-15(12-25)16-8-17(11-21-10-16)23-20(27)14-4-6-22-18(9-14)24-19(26)13-2-3-13/h4-13H,2-3H2,1H3,(H,23,27)(H,22,24,26). The molecular weight excluding hydrogens is 342 g/mol. The summed E-state index contributed by atoms with van der Waals surface area (Å²) >= 11 is 0. The Balaban J connectivity index is 1.48. The number of pyridine rings is 2. The van der Waals surface area contributed by atoms with E-state index in [0.717, 1.165) is 24.0 Å². The van der Waals surface area contributed by atoms with Crippen molar-refractivity contribution in [2.24, 2.45) is 13.0 Å². The summed E-state index contributed by atoms with van der Waals surface area (Å²) in [5.74, 6) is 0.137. The number of nitrogens with zero attached hydrogens (tertiary/aromatic N) is 3. The molecule has 2 N–H and O–H groups in total. The van der Waals surface area contributed by atoms with Crippen molar-refractivity contribution in [3.05, 3.63) is 60.8 Å². The van der Waals surface area contributed by atoms with Crippen LogP contribution >= 0.6 is 0 Å². The average Bonchev–Trinajstić information content (AvgIpc) is 3.43. The van der Waals surface area contributed by atoms with E-state index in [2.05, 4.69) is 20.6 Å². The van der Waals surface area contributed by atoms with Gasteiger partial charge in [0.1, 0.15) is 5.82 Å².